The van der Waals surface area contributed by atoms with Crippen LogP contribution in [0.4, 0.5) is 5.69 Å². The molecule has 0 aliphatic carbocycles. The number of rotatable bonds is 7. The molecular weight excluding hydrogens is 290 g/mol. The zero-order chi connectivity index (χ0) is 16.8. The lowest BCUT2D eigenvalue weighted by molar-refractivity contribution is -0.123. The highest BCUT2D eigenvalue weighted by molar-refractivity contribution is 5.82. The molecule has 1 saturated heterocycles. The number of hydrogen-bond donors (Lipinski definition) is 4. The van der Waals surface area contributed by atoms with Crippen molar-refractivity contribution in [2.45, 2.75) is 38.4 Å². The number of carbonyl (C=O) groups is 1. The number of amides is 1. The first-order chi connectivity index (χ1) is 11.0. The van der Waals surface area contributed by atoms with Crippen LogP contribution in [-0.4, -0.2) is 44.2 Å². The van der Waals surface area contributed by atoms with Crippen molar-refractivity contribution < 1.29 is 4.79 Å². The van der Waals surface area contributed by atoms with Crippen LogP contribution in [0.2, 0.25) is 0 Å². The Bertz CT molecular complexity index is 485. The maximum atomic E-state index is 12.2. The van der Waals surface area contributed by atoms with Crippen molar-refractivity contribution in [3.8, 4) is 0 Å². The molecule has 128 valence electrons. The summed E-state index contributed by atoms with van der Waals surface area (Å²) in [6.45, 7) is 5.62. The van der Waals surface area contributed by atoms with Crippen molar-refractivity contribution in [2.24, 2.45) is 11.7 Å². The third-order valence-electron chi connectivity index (χ3n) is 4.58. The summed E-state index contributed by atoms with van der Waals surface area (Å²) in [5.74, 6) is 0.0311. The molecule has 1 heterocycles. The van der Waals surface area contributed by atoms with E-state index < -0.39 is 6.04 Å². The summed E-state index contributed by atoms with van der Waals surface area (Å²) in [6.07, 6.45) is 0.885. The van der Waals surface area contributed by atoms with Gasteiger partial charge in [-0.25, -0.2) is 0 Å². The molecule has 5 N–H and O–H groups in total. The number of nitrogens with two attached hydrogens (primary N) is 1. The molecule has 0 aromatic heterocycles. The average Bonchev–Trinajstić information content (AvgIpc) is 2.90. The van der Waals surface area contributed by atoms with Gasteiger partial charge in [-0.1, -0.05) is 18.2 Å². The van der Waals surface area contributed by atoms with Gasteiger partial charge >= 0.3 is 0 Å². The van der Waals surface area contributed by atoms with E-state index in [0.29, 0.717) is 6.54 Å². The van der Waals surface area contributed by atoms with Gasteiger partial charge in [0, 0.05) is 43.8 Å². The molecule has 1 aliphatic heterocycles. The van der Waals surface area contributed by atoms with Gasteiger partial charge in [0.25, 0.3) is 0 Å². The SMILES string of the molecule is CC1NNC(C)C1C(N)C(=O)NCCCN(C)c1ccccc1. The first-order valence-corrected chi connectivity index (χ1v) is 8.31. The molecule has 6 nitrogen and oxygen atoms in total. The van der Waals surface area contributed by atoms with E-state index in [2.05, 4.69) is 40.2 Å². The van der Waals surface area contributed by atoms with Gasteiger partial charge in [-0.3, -0.25) is 15.6 Å². The van der Waals surface area contributed by atoms with Gasteiger partial charge in [-0.2, -0.15) is 0 Å². The molecule has 1 aliphatic rings. The molecular formula is C17H29N5O. The Labute approximate surface area is 138 Å². The standard InChI is InChI=1S/C17H29N5O/c1-12-15(13(2)21-20-12)16(18)17(23)19-10-7-11-22(3)14-8-5-4-6-9-14/h4-6,8-9,12-13,15-16,20-21H,7,10-11,18H2,1-3H3,(H,19,23). The van der Waals surface area contributed by atoms with E-state index in [1.807, 2.05) is 32.0 Å². The highest BCUT2D eigenvalue weighted by Gasteiger charge is 2.37. The fraction of sp³-hybridized carbons (Fsp3) is 0.588. The van der Waals surface area contributed by atoms with E-state index in [0.717, 1.165) is 13.0 Å². The van der Waals surface area contributed by atoms with Crippen molar-refractivity contribution in [3.63, 3.8) is 0 Å². The lowest BCUT2D eigenvalue weighted by Crippen LogP contribution is -2.51. The predicted octanol–water partition coefficient (Wildman–Crippen LogP) is 0.457. The first kappa shape index (κ1) is 17.7. The minimum Gasteiger partial charge on any atom is -0.375 e. The normalized spacial score (nSPS) is 25.1. The van der Waals surface area contributed by atoms with Gasteiger partial charge in [0.05, 0.1) is 6.04 Å². The second-order valence-electron chi connectivity index (χ2n) is 6.37. The topological polar surface area (TPSA) is 82.4 Å². The molecule has 2 rings (SSSR count). The largest absolute Gasteiger partial charge is 0.375 e. The van der Waals surface area contributed by atoms with Crippen LogP contribution in [0.3, 0.4) is 0 Å². The highest BCUT2D eigenvalue weighted by Crippen LogP contribution is 2.17. The molecule has 6 heteroatoms. The summed E-state index contributed by atoms with van der Waals surface area (Å²) in [7, 11) is 2.06. The van der Waals surface area contributed by atoms with E-state index in [9.17, 15) is 4.79 Å². The zero-order valence-electron chi connectivity index (χ0n) is 14.3. The van der Waals surface area contributed by atoms with E-state index in [4.69, 9.17) is 5.73 Å². The Kier molecular flexibility index (Phi) is 6.38. The molecule has 1 aromatic carbocycles. The Morgan fingerprint density at radius 3 is 2.48 bits per heavy atom. The molecule has 1 aromatic rings. The van der Waals surface area contributed by atoms with Crippen molar-refractivity contribution >= 4 is 11.6 Å². The van der Waals surface area contributed by atoms with Crippen LogP contribution in [0, 0.1) is 5.92 Å². The monoisotopic (exact) mass is 319 g/mol. The van der Waals surface area contributed by atoms with Gasteiger partial charge in [0.1, 0.15) is 0 Å². The Morgan fingerprint density at radius 2 is 1.87 bits per heavy atom. The van der Waals surface area contributed by atoms with Crippen LogP contribution >= 0.6 is 0 Å². The van der Waals surface area contributed by atoms with Crippen molar-refractivity contribution in [1.82, 2.24) is 16.2 Å². The molecule has 23 heavy (non-hydrogen) atoms. The molecule has 3 atom stereocenters. The van der Waals surface area contributed by atoms with Gasteiger partial charge in [-0.05, 0) is 32.4 Å². The Morgan fingerprint density at radius 1 is 1.26 bits per heavy atom. The molecule has 0 bridgehead atoms. The average molecular weight is 319 g/mol. The highest BCUT2D eigenvalue weighted by atomic mass is 16.2. The fourth-order valence-electron chi connectivity index (χ4n) is 3.14. The number of nitrogens with zero attached hydrogens (tertiary/aromatic N) is 1. The summed E-state index contributed by atoms with van der Waals surface area (Å²) in [4.78, 5) is 14.4. The van der Waals surface area contributed by atoms with Crippen LogP contribution in [-0.2, 0) is 4.79 Å². The summed E-state index contributed by atoms with van der Waals surface area (Å²) in [5.41, 5.74) is 13.6. The lowest BCUT2D eigenvalue weighted by atomic mass is 9.88. The quantitative estimate of drug-likeness (QED) is 0.549. The number of carbonyl (C=O) groups excluding carboxylic acids is 1. The maximum Gasteiger partial charge on any atom is 0.237 e. The van der Waals surface area contributed by atoms with Crippen LogP contribution < -0.4 is 26.8 Å². The van der Waals surface area contributed by atoms with Gasteiger partial charge in [0.2, 0.25) is 5.91 Å². The fourth-order valence-corrected chi connectivity index (χ4v) is 3.14. The molecule has 0 radical (unpaired) electrons. The first-order valence-electron chi connectivity index (χ1n) is 8.31. The lowest BCUT2D eigenvalue weighted by Gasteiger charge is -2.24. The molecule has 0 spiro atoms. The van der Waals surface area contributed by atoms with E-state index in [-0.39, 0.29) is 23.9 Å². The Balaban J connectivity index is 1.70. The number of anilines is 1. The third-order valence-corrected chi connectivity index (χ3v) is 4.58. The van der Waals surface area contributed by atoms with Crippen LogP contribution in [0.25, 0.3) is 0 Å². The third kappa shape index (κ3) is 4.67. The smallest absolute Gasteiger partial charge is 0.237 e. The Hall–Kier alpha value is -1.63. The molecule has 3 unspecified atom stereocenters. The van der Waals surface area contributed by atoms with Crippen LogP contribution in [0.5, 0.6) is 0 Å². The van der Waals surface area contributed by atoms with E-state index in [1.54, 1.807) is 0 Å². The number of benzene rings is 1. The molecule has 1 fully saturated rings. The van der Waals surface area contributed by atoms with E-state index >= 15 is 0 Å². The molecule has 1 amide bonds. The summed E-state index contributed by atoms with van der Waals surface area (Å²) in [5, 5.41) is 2.96. The number of hydrazine groups is 1. The summed E-state index contributed by atoms with van der Waals surface area (Å²) >= 11 is 0. The van der Waals surface area contributed by atoms with Crippen molar-refractivity contribution in [1.29, 1.82) is 0 Å². The molecule has 0 saturated carbocycles. The number of nitrogens with one attached hydrogen (secondary N) is 3. The van der Waals surface area contributed by atoms with Crippen molar-refractivity contribution in [2.75, 3.05) is 25.0 Å². The van der Waals surface area contributed by atoms with Crippen LogP contribution in [0.1, 0.15) is 20.3 Å². The minimum absolute atomic E-state index is 0.0680. The summed E-state index contributed by atoms with van der Waals surface area (Å²) < 4.78 is 0. The maximum absolute atomic E-state index is 12.2. The predicted molar refractivity (Wildman–Crippen MR) is 94.0 cm³/mol. The van der Waals surface area contributed by atoms with Gasteiger partial charge in [-0.15, -0.1) is 0 Å². The second-order valence-corrected chi connectivity index (χ2v) is 6.37. The van der Waals surface area contributed by atoms with Crippen molar-refractivity contribution in [3.05, 3.63) is 30.3 Å². The second kappa shape index (κ2) is 8.29. The number of hydrogen-bond acceptors (Lipinski definition) is 5. The van der Waals surface area contributed by atoms with Gasteiger partial charge in [0.15, 0.2) is 0 Å². The minimum atomic E-state index is -0.491. The van der Waals surface area contributed by atoms with Crippen LogP contribution in [0.15, 0.2) is 30.3 Å². The van der Waals surface area contributed by atoms with E-state index in [1.165, 1.54) is 5.69 Å². The van der Waals surface area contributed by atoms with Gasteiger partial charge < -0.3 is 16.0 Å². The summed E-state index contributed by atoms with van der Waals surface area (Å²) in [6, 6.07) is 10.1. The number of para-hydroxylation sites is 1. The zero-order valence-corrected chi connectivity index (χ0v) is 14.3.